The standard InChI is InChI=1S/C11H21NO4/c1-4-16-11(14)8-10(13)9-12(2)6-5-7-15-3/h4-9H2,1-3H3. The first-order chi connectivity index (χ1) is 7.60. The number of nitrogens with zero attached hydrogens (tertiary/aromatic N) is 1. The van der Waals surface area contributed by atoms with Gasteiger partial charge in [0.05, 0.1) is 13.2 Å². The quantitative estimate of drug-likeness (QED) is 0.328. The summed E-state index contributed by atoms with van der Waals surface area (Å²) in [5.41, 5.74) is 0. The molecule has 0 bridgehead atoms. The summed E-state index contributed by atoms with van der Waals surface area (Å²) in [7, 11) is 3.49. The fourth-order valence-electron chi connectivity index (χ4n) is 1.29. The van der Waals surface area contributed by atoms with Gasteiger partial charge in [0.15, 0.2) is 5.78 Å². The Kier molecular flexibility index (Phi) is 8.75. The van der Waals surface area contributed by atoms with Gasteiger partial charge < -0.3 is 9.47 Å². The molecule has 0 aliphatic carbocycles. The molecule has 0 aromatic heterocycles. The highest BCUT2D eigenvalue weighted by Gasteiger charge is 2.12. The summed E-state index contributed by atoms with van der Waals surface area (Å²) in [6.45, 7) is 3.77. The van der Waals surface area contributed by atoms with Crippen LogP contribution in [0.3, 0.4) is 0 Å². The van der Waals surface area contributed by atoms with E-state index in [1.807, 2.05) is 11.9 Å². The average Bonchev–Trinajstić information content (AvgIpc) is 2.17. The summed E-state index contributed by atoms with van der Waals surface area (Å²) in [5.74, 6) is -0.559. The third-order valence-electron chi connectivity index (χ3n) is 1.98. The zero-order valence-electron chi connectivity index (χ0n) is 10.3. The van der Waals surface area contributed by atoms with E-state index in [1.165, 1.54) is 0 Å². The maximum atomic E-state index is 11.4. The van der Waals surface area contributed by atoms with Crippen LogP contribution in [0.15, 0.2) is 0 Å². The molecule has 0 saturated carbocycles. The Hall–Kier alpha value is -0.940. The summed E-state index contributed by atoms with van der Waals surface area (Å²) in [5, 5.41) is 0. The van der Waals surface area contributed by atoms with E-state index in [4.69, 9.17) is 9.47 Å². The van der Waals surface area contributed by atoms with E-state index in [0.29, 0.717) is 13.2 Å². The van der Waals surface area contributed by atoms with E-state index >= 15 is 0 Å². The number of ether oxygens (including phenoxy) is 2. The van der Waals surface area contributed by atoms with Gasteiger partial charge in [-0.3, -0.25) is 14.5 Å². The zero-order valence-corrected chi connectivity index (χ0v) is 10.3. The molecule has 0 aliphatic rings. The van der Waals surface area contributed by atoms with Crippen LogP contribution in [0.2, 0.25) is 0 Å². The maximum absolute atomic E-state index is 11.4. The third-order valence-corrected chi connectivity index (χ3v) is 1.98. The first-order valence-electron chi connectivity index (χ1n) is 5.45. The number of hydrogen-bond acceptors (Lipinski definition) is 5. The number of methoxy groups -OCH3 is 1. The second-order valence-corrected chi connectivity index (χ2v) is 3.60. The Labute approximate surface area is 96.7 Å². The van der Waals surface area contributed by atoms with Gasteiger partial charge in [0.25, 0.3) is 0 Å². The highest BCUT2D eigenvalue weighted by atomic mass is 16.5. The number of Topliss-reactive ketones (excluding diaryl/α,β-unsaturated/α-hetero) is 1. The Bertz CT molecular complexity index is 218. The molecule has 0 N–H and O–H groups in total. The minimum absolute atomic E-state index is 0.113. The van der Waals surface area contributed by atoms with Gasteiger partial charge in [0.1, 0.15) is 6.42 Å². The van der Waals surface area contributed by atoms with Crippen molar-refractivity contribution in [1.82, 2.24) is 4.90 Å². The Morgan fingerprint density at radius 2 is 2.00 bits per heavy atom. The molecule has 0 amide bonds. The lowest BCUT2D eigenvalue weighted by Crippen LogP contribution is -2.29. The van der Waals surface area contributed by atoms with Crippen LogP contribution < -0.4 is 0 Å². The van der Waals surface area contributed by atoms with Crippen LogP contribution in [0.25, 0.3) is 0 Å². The van der Waals surface area contributed by atoms with Crippen molar-refractivity contribution in [3.63, 3.8) is 0 Å². The molecule has 0 rings (SSSR count). The third kappa shape index (κ3) is 8.38. The monoisotopic (exact) mass is 231 g/mol. The number of carbonyl (C=O) groups excluding carboxylic acids is 2. The highest BCUT2D eigenvalue weighted by molar-refractivity contribution is 5.96. The van der Waals surface area contributed by atoms with Gasteiger partial charge in [0.2, 0.25) is 0 Å². The molecule has 0 unspecified atom stereocenters. The average molecular weight is 231 g/mol. The fourth-order valence-corrected chi connectivity index (χ4v) is 1.29. The Balaban J connectivity index is 3.65. The van der Waals surface area contributed by atoms with Gasteiger partial charge in [-0.1, -0.05) is 0 Å². The van der Waals surface area contributed by atoms with Gasteiger partial charge in [-0.2, -0.15) is 0 Å². The van der Waals surface area contributed by atoms with Crippen LogP contribution in [0.5, 0.6) is 0 Å². The topological polar surface area (TPSA) is 55.8 Å². The number of rotatable bonds is 9. The number of hydrogen-bond donors (Lipinski definition) is 0. The van der Waals surface area contributed by atoms with E-state index in [9.17, 15) is 9.59 Å². The molecular weight excluding hydrogens is 210 g/mol. The van der Waals surface area contributed by atoms with Crippen molar-refractivity contribution in [2.24, 2.45) is 0 Å². The van der Waals surface area contributed by atoms with Crippen molar-refractivity contribution in [2.45, 2.75) is 19.8 Å². The smallest absolute Gasteiger partial charge is 0.313 e. The van der Waals surface area contributed by atoms with Crippen molar-refractivity contribution in [2.75, 3.05) is 40.5 Å². The number of likely N-dealkylation sites (N-methyl/N-ethyl adjacent to an activating group) is 1. The van der Waals surface area contributed by atoms with E-state index in [0.717, 1.165) is 13.0 Å². The molecule has 0 heterocycles. The molecule has 5 nitrogen and oxygen atoms in total. The van der Waals surface area contributed by atoms with Crippen LogP contribution in [0.4, 0.5) is 0 Å². The second kappa shape index (κ2) is 9.30. The van der Waals surface area contributed by atoms with Crippen molar-refractivity contribution in [1.29, 1.82) is 0 Å². The SMILES string of the molecule is CCOC(=O)CC(=O)CN(C)CCCOC. The molecule has 0 fully saturated rings. The van der Waals surface area contributed by atoms with E-state index < -0.39 is 5.97 Å². The first-order valence-corrected chi connectivity index (χ1v) is 5.45. The summed E-state index contributed by atoms with van der Waals surface area (Å²) >= 11 is 0. The second-order valence-electron chi connectivity index (χ2n) is 3.60. The molecule has 16 heavy (non-hydrogen) atoms. The summed E-state index contributed by atoms with van der Waals surface area (Å²) in [4.78, 5) is 24.3. The van der Waals surface area contributed by atoms with Gasteiger partial charge >= 0.3 is 5.97 Å². The Morgan fingerprint density at radius 3 is 2.56 bits per heavy atom. The molecule has 0 aromatic carbocycles. The molecule has 0 spiro atoms. The van der Waals surface area contributed by atoms with Gasteiger partial charge in [-0.15, -0.1) is 0 Å². The predicted molar refractivity (Wildman–Crippen MR) is 60.2 cm³/mol. The molecule has 0 radical (unpaired) electrons. The molecule has 0 aliphatic heterocycles. The van der Waals surface area contributed by atoms with E-state index in [2.05, 4.69) is 0 Å². The molecule has 0 aromatic rings. The maximum Gasteiger partial charge on any atom is 0.313 e. The van der Waals surface area contributed by atoms with Gasteiger partial charge in [-0.05, 0) is 20.4 Å². The molecule has 5 heteroatoms. The lowest BCUT2D eigenvalue weighted by Gasteiger charge is -2.14. The minimum atomic E-state index is -0.446. The molecule has 0 saturated heterocycles. The molecule has 94 valence electrons. The van der Waals surface area contributed by atoms with Crippen LogP contribution in [-0.4, -0.2) is 57.1 Å². The summed E-state index contributed by atoms with van der Waals surface area (Å²) in [6, 6.07) is 0. The number of carbonyl (C=O) groups is 2. The first kappa shape index (κ1) is 15.1. The van der Waals surface area contributed by atoms with Crippen molar-refractivity contribution in [3.8, 4) is 0 Å². The van der Waals surface area contributed by atoms with E-state index in [-0.39, 0.29) is 18.7 Å². The van der Waals surface area contributed by atoms with Crippen LogP contribution in [0, 0.1) is 0 Å². The van der Waals surface area contributed by atoms with Crippen LogP contribution >= 0.6 is 0 Å². The largest absolute Gasteiger partial charge is 0.466 e. The molecule has 0 atom stereocenters. The zero-order chi connectivity index (χ0) is 12.4. The van der Waals surface area contributed by atoms with Crippen LogP contribution in [0.1, 0.15) is 19.8 Å². The predicted octanol–water partition coefficient (Wildman–Crippen LogP) is 0.477. The normalized spacial score (nSPS) is 10.5. The summed E-state index contributed by atoms with van der Waals surface area (Å²) in [6.07, 6.45) is 0.738. The van der Waals surface area contributed by atoms with Gasteiger partial charge in [0, 0.05) is 20.3 Å². The Morgan fingerprint density at radius 1 is 1.31 bits per heavy atom. The van der Waals surface area contributed by atoms with Crippen molar-refractivity contribution < 1.29 is 19.1 Å². The minimum Gasteiger partial charge on any atom is -0.466 e. The van der Waals surface area contributed by atoms with Gasteiger partial charge in [-0.25, -0.2) is 0 Å². The fraction of sp³-hybridized carbons (Fsp3) is 0.818. The molecular formula is C11H21NO4. The number of esters is 1. The van der Waals surface area contributed by atoms with Crippen LogP contribution in [-0.2, 0) is 19.1 Å². The lowest BCUT2D eigenvalue weighted by molar-refractivity contribution is -0.145. The summed E-state index contributed by atoms with van der Waals surface area (Å²) < 4.78 is 9.60. The lowest BCUT2D eigenvalue weighted by atomic mass is 10.2. The van der Waals surface area contributed by atoms with Crippen molar-refractivity contribution >= 4 is 11.8 Å². The van der Waals surface area contributed by atoms with Crippen molar-refractivity contribution in [3.05, 3.63) is 0 Å². The number of ketones is 1. The van der Waals surface area contributed by atoms with E-state index in [1.54, 1.807) is 14.0 Å². The highest BCUT2D eigenvalue weighted by Crippen LogP contribution is 1.93.